The molecule has 0 bridgehead atoms. The Kier molecular flexibility index (Phi) is 7.75. The number of amides is 3. The minimum absolute atomic E-state index is 0.0387. The lowest BCUT2D eigenvalue weighted by molar-refractivity contribution is -0.127. The maximum absolute atomic E-state index is 13.9. The summed E-state index contributed by atoms with van der Waals surface area (Å²) < 4.78 is 9.22. The van der Waals surface area contributed by atoms with Crippen molar-refractivity contribution in [3.63, 3.8) is 0 Å². The topological polar surface area (TPSA) is 141 Å². The van der Waals surface area contributed by atoms with Gasteiger partial charge in [0.05, 0.1) is 12.8 Å². The van der Waals surface area contributed by atoms with Gasteiger partial charge in [0.25, 0.3) is 11.8 Å². The Morgan fingerprint density at radius 3 is 2.23 bits per heavy atom. The minimum atomic E-state index is -1.01. The van der Waals surface area contributed by atoms with Gasteiger partial charge in [-0.1, -0.05) is 42.5 Å². The van der Waals surface area contributed by atoms with Crippen LogP contribution in [0.3, 0.4) is 0 Å². The van der Waals surface area contributed by atoms with Gasteiger partial charge in [-0.3, -0.25) is 14.4 Å². The second-order valence-corrected chi connectivity index (χ2v) is 9.75. The Morgan fingerprint density at radius 1 is 1.09 bits per heavy atom. The molecular formula is C25H29N5O4S. The first-order valence-corrected chi connectivity index (χ1v) is 11.6. The second-order valence-electron chi connectivity index (χ2n) is 8.97. The first-order valence-electron chi connectivity index (χ1n) is 10.9. The van der Waals surface area contributed by atoms with Crippen molar-refractivity contribution >= 4 is 34.9 Å². The molecule has 35 heavy (non-hydrogen) atoms. The molecule has 0 spiro atoms. The standard InChI is InChI=1S/C25H29N5O4S/c1-25(2,3)28-23(32)20(16-10-12-17(34-4)13-11-16)30(14-15-8-6-5-7-9-15)24(33)21-18(26)19(22(27)31)29-35-21/h5-13,20H,14,26H2,1-4H3,(H2,27,31)(H,28,32)/t20-/m1/s1. The third-order valence-electron chi connectivity index (χ3n) is 5.10. The summed E-state index contributed by atoms with van der Waals surface area (Å²) in [5.41, 5.74) is 12.0. The highest BCUT2D eigenvalue weighted by molar-refractivity contribution is 7.09. The summed E-state index contributed by atoms with van der Waals surface area (Å²) in [6.07, 6.45) is 0. The van der Waals surface area contributed by atoms with E-state index in [2.05, 4.69) is 9.69 Å². The fourth-order valence-corrected chi connectivity index (χ4v) is 4.28. The van der Waals surface area contributed by atoms with Crippen LogP contribution in [0.4, 0.5) is 5.69 Å². The lowest BCUT2D eigenvalue weighted by Crippen LogP contribution is -2.49. The Labute approximate surface area is 208 Å². The number of rotatable bonds is 8. The number of methoxy groups -OCH3 is 1. The predicted octanol–water partition coefficient (Wildman–Crippen LogP) is 3.13. The van der Waals surface area contributed by atoms with Gasteiger partial charge in [-0.2, -0.15) is 4.37 Å². The van der Waals surface area contributed by atoms with E-state index in [0.717, 1.165) is 17.1 Å². The van der Waals surface area contributed by atoms with E-state index in [1.165, 1.54) is 4.90 Å². The van der Waals surface area contributed by atoms with Crippen molar-refractivity contribution in [2.75, 3.05) is 12.8 Å². The number of nitrogens with zero attached hydrogens (tertiary/aromatic N) is 2. The SMILES string of the molecule is COc1ccc([C@H](C(=O)NC(C)(C)C)N(Cc2ccccc2)C(=O)c2snc(C(N)=O)c2N)cc1. The van der Waals surface area contributed by atoms with Gasteiger partial charge in [0, 0.05) is 12.1 Å². The number of nitrogens with one attached hydrogen (secondary N) is 1. The maximum atomic E-state index is 13.9. The molecule has 0 aliphatic rings. The van der Waals surface area contributed by atoms with Gasteiger partial charge in [-0.25, -0.2) is 0 Å². The molecule has 10 heteroatoms. The molecule has 0 aliphatic carbocycles. The fourth-order valence-electron chi connectivity index (χ4n) is 3.52. The zero-order chi connectivity index (χ0) is 25.8. The van der Waals surface area contributed by atoms with E-state index in [4.69, 9.17) is 16.2 Å². The van der Waals surface area contributed by atoms with Crippen molar-refractivity contribution in [3.05, 3.63) is 76.3 Å². The molecule has 0 unspecified atom stereocenters. The number of primary amides is 1. The van der Waals surface area contributed by atoms with Crippen molar-refractivity contribution in [3.8, 4) is 5.75 Å². The van der Waals surface area contributed by atoms with Crippen LogP contribution in [0.15, 0.2) is 54.6 Å². The second kappa shape index (κ2) is 10.6. The molecule has 1 atom stereocenters. The van der Waals surface area contributed by atoms with Gasteiger partial charge < -0.3 is 26.4 Å². The first kappa shape index (κ1) is 25.7. The summed E-state index contributed by atoms with van der Waals surface area (Å²) in [4.78, 5) is 40.6. The smallest absolute Gasteiger partial charge is 0.270 e. The molecule has 9 nitrogen and oxygen atoms in total. The highest BCUT2D eigenvalue weighted by atomic mass is 32.1. The molecule has 0 saturated heterocycles. The van der Waals surface area contributed by atoms with Gasteiger partial charge in [-0.15, -0.1) is 0 Å². The molecule has 1 heterocycles. The van der Waals surface area contributed by atoms with Crippen LogP contribution in [-0.4, -0.2) is 39.6 Å². The van der Waals surface area contributed by atoms with Crippen LogP contribution < -0.4 is 21.5 Å². The van der Waals surface area contributed by atoms with E-state index in [0.29, 0.717) is 11.3 Å². The molecule has 2 aromatic carbocycles. The molecule has 0 saturated carbocycles. The number of hydrogen-bond donors (Lipinski definition) is 3. The lowest BCUT2D eigenvalue weighted by Gasteiger charge is -2.33. The maximum Gasteiger partial charge on any atom is 0.270 e. The fraction of sp³-hybridized carbons (Fsp3) is 0.280. The Bertz CT molecular complexity index is 1200. The van der Waals surface area contributed by atoms with E-state index in [1.54, 1.807) is 31.4 Å². The van der Waals surface area contributed by atoms with Crippen molar-refractivity contribution in [1.29, 1.82) is 0 Å². The third-order valence-corrected chi connectivity index (χ3v) is 5.95. The van der Waals surface area contributed by atoms with Crippen LogP contribution in [0, 0.1) is 0 Å². The lowest BCUT2D eigenvalue weighted by atomic mass is 10.00. The van der Waals surface area contributed by atoms with E-state index in [-0.39, 0.29) is 28.7 Å². The molecule has 5 N–H and O–H groups in total. The normalized spacial score (nSPS) is 12.0. The molecule has 3 rings (SSSR count). The highest BCUT2D eigenvalue weighted by Gasteiger charge is 2.36. The minimum Gasteiger partial charge on any atom is -0.497 e. The number of anilines is 1. The van der Waals surface area contributed by atoms with Crippen molar-refractivity contribution < 1.29 is 19.1 Å². The highest BCUT2D eigenvalue weighted by Crippen LogP contribution is 2.31. The van der Waals surface area contributed by atoms with Crippen LogP contribution in [0.25, 0.3) is 0 Å². The molecule has 1 aromatic heterocycles. The van der Waals surface area contributed by atoms with E-state index in [1.807, 2.05) is 51.1 Å². The Morgan fingerprint density at radius 2 is 1.71 bits per heavy atom. The largest absolute Gasteiger partial charge is 0.497 e. The van der Waals surface area contributed by atoms with Crippen molar-refractivity contribution in [1.82, 2.24) is 14.6 Å². The van der Waals surface area contributed by atoms with Gasteiger partial charge in [-0.05, 0) is 55.6 Å². The van der Waals surface area contributed by atoms with Crippen LogP contribution in [0.5, 0.6) is 5.75 Å². The van der Waals surface area contributed by atoms with Crippen LogP contribution in [-0.2, 0) is 11.3 Å². The molecule has 184 valence electrons. The summed E-state index contributed by atoms with van der Waals surface area (Å²) in [7, 11) is 1.55. The number of ether oxygens (including phenoxy) is 1. The number of benzene rings is 2. The van der Waals surface area contributed by atoms with Crippen LogP contribution in [0.1, 0.15) is 58.1 Å². The molecule has 3 amide bonds. The summed E-state index contributed by atoms with van der Waals surface area (Å²) in [6.45, 7) is 5.69. The predicted molar refractivity (Wildman–Crippen MR) is 135 cm³/mol. The van der Waals surface area contributed by atoms with Gasteiger partial charge in [0.1, 0.15) is 16.7 Å². The molecule has 0 radical (unpaired) electrons. The Hall–Kier alpha value is -3.92. The number of nitrogen functional groups attached to an aromatic ring is 1. The zero-order valence-corrected chi connectivity index (χ0v) is 20.9. The number of carbonyl (C=O) groups is 3. The molecular weight excluding hydrogens is 466 g/mol. The summed E-state index contributed by atoms with van der Waals surface area (Å²) in [6, 6.07) is 15.2. The van der Waals surface area contributed by atoms with Gasteiger partial charge >= 0.3 is 0 Å². The number of hydrogen-bond acceptors (Lipinski definition) is 7. The quantitative estimate of drug-likeness (QED) is 0.438. The summed E-state index contributed by atoms with van der Waals surface area (Å²) in [5, 5.41) is 2.98. The third kappa shape index (κ3) is 6.15. The zero-order valence-electron chi connectivity index (χ0n) is 20.1. The summed E-state index contributed by atoms with van der Waals surface area (Å²) in [5.74, 6) is -1.13. The van der Waals surface area contributed by atoms with E-state index >= 15 is 0 Å². The number of carbonyl (C=O) groups excluding carboxylic acids is 3. The van der Waals surface area contributed by atoms with E-state index < -0.39 is 23.4 Å². The van der Waals surface area contributed by atoms with Crippen LogP contribution in [0.2, 0.25) is 0 Å². The molecule has 0 fully saturated rings. The van der Waals surface area contributed by atoms with Crippen molar-refractivity contribution in [2.45, 2.75) is 38.9 Å². The van der Waals surface area contributed by atoms with Crippen molar-refractivity contribution in [2.24, 2.45) is 5.73 Å². The molecule has 3 aromatic rings. The average Bonchev–Trinajstić information content (AvgIpc) is 3.19. The average molecular weight is 496 g/mol. The van der Waals surface area contributed by atoms with Crippen LogP contribution >= 0.6 is 11.5 Å². The summed E-state index contributed by atoms with van der Waals surface area (Å²) >= 11 is 0.776. The molecule has 0 aliphatic heterocycles. The Balaban J connectivity index is 2.15. The number of nitrogens with two attached hydrogens (primary N) is 2. The van der Waals surface area contributed by atoms with Gasteiger partial charge in [0.15, 0.2) is 5.69 Å². The van der Waals surface area contributed by atoms with Gasteiger partial charge in [0.2, 0.25) is 5.91 Å². The van der Waals surface area contributed by atoms with E-state index in [9.17, 15) is 14.4 Å². The first-order chi connectivity index (χ1) is 16.5. The monoisotopic (exact) mass is 495 g/mol. The number of aromatic nitrogens is 1.